The third-order valence-corrected chi connectivity index (χ3v) is 6.12. The topological polar surface area (TPSA) is 62.3 Å². The molecule has 32 heavy (non-hydrogen) atoms. The largest absolute Gasteiger partial charge is 0.342 e. The third-order valence-electron chi connectivity index (χ3n) is 5.06. The van der Waals surface area contributed by atoms with Crippen molar-refractivity contribution in [2.75, 3.05) is 24.2 Å². The van der Waals surface area contributed by atoms with Gasteiger partial charge in [-0.05, 0) is 61.2 Å². The van der Waals surface area contributed by atoms with Crippen LogP contribution in [0.3, 0.4) is 0 Å². The number of carbonyl (C=O) groups excluding carboxylic acids is 2. The molecule has 2 aromatic carbocycles. The summed E-state index contributed by atoms with van der Waals surface area (Å²) in [5, 5.41) is 2.95. The van der Waals surface area contributed by atoms with Crippen LogP contribution in [-0.4, -0.2) is 40.5 Å². The van der Waals surface area contributed by atoms with Crippen LogP contribution in [0.4, 0.5) is 5.69 Å². The van der Waals surface area contributed by atoms with E-state index in [0.717, 1.165) is 36.4 Å². The Labute approximate surface area is 192 Å². The van der Waals surface area contributed by atoms with E-state index in [1.165, 1.54) is 11.8 Å². The average Bonchev–Trinajstić information content (AvgIpc) is 3.37. The van der Waals surface area contributed by atoms with Crippen LogP contribution in [-0.2, 0) is 4.79 Å². The molecule has 6 heteroatoms. The molecule has 4 rings (SSSR count). The number of benzene rings is 2. The molecule has 1 N–H and O–H groups in total. The maximum absolute atomic E-state index is 13.0. The number of thioether (sulfide) groups is 1. The number of anilines is 1. The molecule has 0 aliphatic carbocycles. The van der Waals surface area contributed by atoms with E-state index in [1.807, 2.05) is 65.6 Å². The molecule has 2 heterocycles. The molecule has 0 radical (unpaired) electrons. The Balaban J connectivity index is 1.43. The molecule has 5 nitrogen and oxygen atoms in total. The summed E-state index contributed by atoms with van der Waals surface area (Å²) in [6, 6.07) is 20.4. The lowest BCUT2D eigenvalue weighted by Gasteiger charge is -2.15. The molecule has 0 atom stereocenters. The fraction of sp³-hybridized carbons (Fsp3) is 0.192. The van der Waals surface area contributed by atoms with Crippen LogP contribution in [0.25, 0.3) is 0 Å². The summed E-state index contributed by atoms with van der Waals surface area (Å²) in [5.74, 6) is 6.35. The van der Waals surface area contributed by atoms with Gasteiger partial charge in [0, 0.05) is 35.4 Å². The van der Waals surface area contributed by atoms with Gasteiger partial charge in [0.1, 0.15) is 5.69 Å². The minimum absolute atomic E-state index is 0.127. The van der Waals surface area contributed by atoms with Crippen molar-refractivity contribution in [2.24, 2.45) is 0 Å². The number of aromatic nitrogens is 1. The normalized spacial score (nSPS) is 12.7. The molecule has 1 aliphatic rings. The molecule has 0 unspecified atom stereocenters. The van der Waals surface area contributed by atoms with Gasteiger partial charge in [0.15, 0.2) is 0 Å². The second-order valence-electron chi connectivity index (χ2n) is 7.37. The van der Waals surface area contributed by atoms with Gasteiger partial charge in [-0.25, -0.2) is 4.98 Å². The number of nitrogens with one attached hydrogen (secondary N) is 1. The van der Waals surface area contributed by atoms with Gasteiger partial charge in [-0.3, -0.25) is 9.59 Å². The van der Waals surface area contributed by atoms with Crippen molar-refractivity contribution < 1.29 is 9.59 Å². The summed E-state index contributed by atoms with van der Waals surface area (Å²) in [5.41, 5.74) is 2.69. The van der Waals surface area contributed by atoms with Crippen LogP contribution in [0.1, 0.15) is 34.5 Å². The molecule has 160 valence electrons. The summed E-state index contributed by atoms with van der Waals surface area (Å²) in [6.07, 6.45) is 3.84. The van der Waals surface area contributed by atoms with E-state index < -0.39 is 0 Å². The zero-order valence-corrected chi connectivity index (χ0v) is 18.4. The van der Waals surface area contributed by atoms with Gasteiger partial charge in [0.2, 0.25) is 5.91 Å². The zero-order valence-electron chi connectivity index (χ0n) is 17.6. The number of rotatable bonds is 5. The van der Waals surface area contributed by atoms with Crippen LogP contribution >= 0.6 is 11.8 Å². The molecule has 3 aromatic rings. The monoisotopic (exact) mass is 441 g/mol. The van der Waals surface area contributed by atoms with E-state index in [-0.39, 0.29) is 11.8 Å². The van der Waals surface area contributed by atoms with Gasteiger partial charge in [-0.1, -0.05) is 30.2 Å². The van der Waals surface area contributed by atoms with Crippen LogP contribution < -0.4 is 5.32 Å². The second kappa shape index (κ2) is 10.7. The van der Waals surface area contributed by atoms with Crippen molar-refractivity contribution in [1.82, 2.24) is 9.88 Å². The number of likely N-dealkylation sites (tertiary alicyclic amines) is 1. The van der Waals surface area contributed by atoms with Crippen molar-refractivity contribution in [3.05, 3.63) is 89.7 Å². The number of nitrogens with zero attached hydrogens (tertiary/aromatic N) is 2. The van der Waals surface area contributed by atoms with E-state index >= 15 is 0 Å². The van der Waals surface area contributed by atoms with Gasteiger partial charge >= 0.3 is 0 Å². The summed E-state index contributed by atoms with van der Waals surface area (Å²) < 4.78 is 0. The van der Waals surface area contributed by atoms with Gasteiger partial charge in [0.05, 0.1) is 11.3 Å². The molecule has 0 spiro atoms. The highest BCUT2D eigenvalue weighted by Crippen LogP contribution is 2.25. The van der Waals surface area contributed by atoms with Crippen molar-refractivity contribution >= 4 is 29.3 Å². The predicted octanol–water partition coefficient (Wildman–Crippen LogP) is 4.45. The summed E-state index contributed by atoms with van der Waals surface area (Å²) in [6.45, 7) is 1.67. The number of hydrogen-bond donors (Lipinski definition) is 1. The standard InChI is InChI=1S/C26H23N3O2S/c30-25(29-16-5-6-17-29)19-32-24-12-2-1-11-23(24)26(31)28-22-10-7-8-20(18-22)13-14-21-9-3-4-15-27-21/h1-4,7-12,15,18H,5-6,16-17,19H2,(H,28,31). The molecular formula is C26H23N3O2S. The van der Waals surface area contributed by atoms with Crippen LogP contribution in [0.5, 0.6) is 0 Å². The lowest BCUT2D eigenvalue weighted by Crippen LogP contribution is -2.29. The predicted molar refractivity (Wildman–Crippen MR) is 128 cm³/mol. The van der Waals surface area contributed by atoms with Gasteiger partial charge < -0.3 is 10.2 Å². The highest BCUT2D eigenvalue weighted by Gasteiger charge is 2.19. The number of carbonyl (C=O) groups is 2. The molecule has 0 bridgehead atoms. The van der Waals surface area contributed by atoms with Crippen LogP contribution in [0.2, 0.25) is 0 Å². The third kappa shape index (κ3) is 5.77. The minimum atomic E-state index is -0.212. The Bertz CT molecular complexity index is 1160. The fourth-order valence-corrected chi connectivity index (χ4v) is 4.38. The molecule has 2 amide bonds. The number of amides is 2. The van der Waals surface area contributed by atoms with E-state index in [4.69, 9.17) is 0 Å². The lowest BCUT2D eigenvalue weighted by molar-refractivity contribution is -0.127. The molecule has 1 aromatic heterocycles. The smallest absolute Gasteiger partial charge is 0.256 e. The molecule has 1 saturated heterocycles. The van der Waals surface area contributed by atoms with Crippen LogP contribution in [0.15, 0.2) is 77.8 Å². The van der Waals surface area contributed by atoms with Gasteiger partial charge in [-0.15, -0.1) is 11.8 Å². The highest BCUT2D eigenvalue weighted by molar-refractivity contribution is 8.00. The van der Waals surface area contributed by atoms with Crippen molar-refractivity contribution in [1.29, 1.82) is 0 Å². The Morgan fingerprint density at radius 2 is 1.78 bits per heavy atom. The summed E-state index contributed by atoms with van der Waals surface area (Å²) in [4.78, 5) is 32.2. The van der Waals surface area contributed by atoms with Crippen molar-refractivity contribution in [3.63, 3.8) is 0 Å². The number of pyridine rings is 1. The Morgan fingerprint density at radius 1 is 0.969 bits per heavy atom. The summed E-state index contributed by atoms with van der Waals surface area (Å²) in [7, 11) is 0. The van der Waals surface area contributed by atoms with E-state index in [0.29, 0.717) is 22.7 Å². The van der Waals surface area contributed by atoms with E-state index in [2.05, 4.69) is 22.1 Å². The molecule has 0 saturated carbocycles. The first-order chi connectivity index (χ1) is 15.7. The average molecular weight is 442 g/mol. The van der Waals surface area contributed by atoms with Crippen LogP contribution in [0, 0.1) is 11.8 Å². The Hall–Kier alpha value is -3.56. The summed E-state index contributed by atoms with van der Waals surface area (Å²) >= 11 is 1.41. The second-order valence-corrected chi connectivity index (χ2v) is 8.39. The first-order valence-corrected chi connectivity index (χ1v) is 11.5. The number of hydrogen-bond acceptors (Lipinski definition) is 4. The van der Waals surface area contributed by atoms with Gasteiger partial charge in [0.25, 0.3) is 5.91 Å². The first kappa shape index (κ1) is 21.7. The molecule has 1 aliphatic heterocycles. The Kier molecular flexibility index (Phi) is 7.21. The van der Waals surface area contributed by atoms with Crippen molar-refractivity contribution in [3.8, 4) is 11.8 Å². The van der Waals surface area contributed by atoms with Crippen molar-refractivity contribution in [2.45, 2.75) is 17.7 Å². The maximum Gasteiger partial charge on any atom is 0.256 e. The SMILES string of the molecule is O=C(Nc1cccc(C#Cc2ccccn2)c1)c1ccccc1SCC(=O)N1CCCC1. The zero-order chi connectivity index (χ0) is 22.2. The van der Waals surface area contributed by atoms with Gasteiger partial charge in [-0.2, -0.15) is 0 Å². The molecule has 1 fully saturated rings. The van der Waals surface area contributed by atoms with E-state index in [1.54, 1.807) is 12.3 Å². The quantitative estimate of drug-likeness (QED) is 0.469. The van der Waals surface area contributed by atoms with E-state index in [9.17, 15) is 9.59 Å². The maximum atomic E-state index is 13.0. The fourth-order valence-electron chi connectivity index (χ4n) is 3.42. The molecular weight excluding hydrogens is 418 g/mol. The first-order valence-electron chi connectivity index (χ1n) is 10.5. The minimum Gasteiger partial charge on any atom is -0.342 e. The lowest BCUT2D eigenvalue weighted by atomic mass is 10.1. The highest BCUT2D eigenvalue weighted by atomic mass is 32.2. The Morgan fingerprint density at radius 3 is 2.59 bits per heavy atom.